The van der Waals surface area contributed by atoms with Crippen LogP contribution in [0.25, 0.3) is 10.9 Å². The fourth-order valence-electron chi connectivity index (χ4n) is 2.47. The van der Waals surface area contributed by atoms with E-state index in [0.29, 0.717) is 0 Å². The van der Waals surface area contributed by atoms with E-state index in [1.807, 2.05) is 6.07 Å². The fourth-order valence-corrected chi connectivity index (χ4v) is 2.47. The number of aromatic nitrogens is 1. The lowest BCUT2D eigenvalue weighted by Gasteiger charge is -2.11. The molecule has 1 atom stereocenters. The topological polar surface area (TPSA) is 24.9 Å². The number of nitrogens with one attached hydrogen (secondary N) is 1. The monoisotopic (exact) mass is 240 g/mol. The van der Waals surface area contributed by atoms with Gasteiger partial charge in [0.1, 0.15) is 0 Å². The molecule has 3 rings (SSSR count). The third kappa shape index (κ3) is 2.70. The maximum absolute atomic E-state index is 4.67. The molecule has 1 N–H and O–H groups in total. The normalized spacial score (nSPS) is 16.9. The summed E-state index contributed by atoms with van der Waals surface area (Å²) in [5, 5.41) is 4.74. The van der Waals surface area contributed by atoms with Crippen molar-refractivity contribution in [2.45, 2.75) is 26.3 Å². The van der Waals surface area contributed by atoms with Crippen molar-refractivity contribution in [2.24, 2.45) is 11.8 Å². The minimum Gasteiger partial charge on any atom is -0.311 e. The van der Waals surface area contributed by atoms with Crippen molar-refractivity contribution in [2.75, 3.05) is 6.54 Å². The van der Waals surface area contributed by atoms with Crippen LogP contribution in [0.15, 0.2) is 36.4 Å². The highest BCUT2D eigenvalue weighted by molar-refractivity contribution is 5.78. The Bertz CT molecular complexity index is 531. The molecular formula is C16H20N2. The van der Waals surface area contributed by atoms with Gasteiger partial charge in [-0.3, -0.25) is 4.98 Å². The minimum absolute atomic E-state index is 0.811. The molecule has 0 amide bonds. The van der Waals surface area contributed by atoms with Crippen molar-refractivity contribution < 1.29 is 0 Å². The largest absolute Gasteiger partial charge is 0.311 e. The summed E-state index contributed by atoms with van der Waals surface area (Å²) in [7, 11) is 0. The van der Waals surface area contributed by atoms with Gasteiger partial charge in [0, 0.05) is 11.9 Å². The highest BCUT2D eigenvalue weighted by Crippen LogP contribution is 2.36. The van der Waals surface area contributed by atoms with Crippen LogP contribution in [0.2, 0.25) is 0 Å². The molecule has 2 heteroatoms. The summed E-state index contributed by atoms with van der Waals surface area (Å²) < 4.78 is 0. The van der Waals surface area contributed by atoms with Crippen LogP contribution in [-0.4, -0.2) is 11.5 Å². The second-order valence-corrected chi connectivity index (χ2v) is 5.44. The van der Waals surface area contributed by atoms with Gasteiger partial charge in [0.05, 0.1) is 11.2 Å². The molecule has 1 aromatic carbocycles. The number of hydrogen-bond donors (Lipinski definition) is 1. The van der Waals surface area contributed by atoms with E-state index in [-0.39, 0.29) is 0 Å². The van der Waals surface area contributed by atoms with Crippen LogP contribution < -0.4 is 5.32 Å². The maximum atomic E-state index is 4.67. The van der Waals surface area contributed by atoms with Crippen LogP contribution in [0, 0.1) is 11.8 Å². The molecule has 1 saturated carbocycles. The number of nitrogens with zero attached hydrogens (tertiary/aromatic N) is 1. The summed E-state index contributed by atoms with van der Waals surface area (Å²) in [6, 6.07) is 12.6. The van der Waals surface area contributed by atoms with Crippen LogP contribution in [0.4, 0.5) is 0 Å². The van der Waals surface area contributed by atoms with Gasteiger partial charge in [-0.1, -0.05) is 31.2 Å². The summed E-state index contributed by atoms with van der Waals surface area (Å²) in [6.07, 6.45) is 2.86. The Morgan fingerprint density at radius 1 is 1.22 bits per heavy atom. The van der Waals surface area contributed by atoms with Gasteiger partial charge in [-0.15, -0.1) is 0 Å². The quantitative estimate of drug-likeness (QED) is 0.866. The molecule has 0 bridgehead atoms. The number of benzene rings is 1. The van der Waals surface area contributed by atoms with Crippen molar-refractivity contribution in [1.82, 2.24) is 10.3 Å². The highest BCUT2D eigenvalue weighted by atomic mass is 14.9. The SMILES string of the molecule is CC(CNCc1ccc2ccccc2n1)C1CC1. The second kappa shape index (κ2) is 5.07. The van der Waals surface area contributed by atoms with E-state index in [2.05, 4.69) is 47.6 Å². The molecule has 2 nitrogen and oxygen atoms in total. The third-order valence-corrected chi connectivity index (χ3v) is 3.86. The van der Waals surface area contributed by atoms with E-state index >= 15 is 0 Å². The first-order chi connectivity index (χ1) is 8.83. The Morgan fingerprint density at radius 3 is 2.89 bits per heavy atom. The zero-order chi connectivity index (χ0) is 12.4. The van der Waals surface area contributed by atoms with Crippen molar-refractivity contribution in [1.29, 1.82) is 0 Å². The maximum Gasteiger partial charge on any atom is 0.0705 e. The molecule has 18 heavy (non-hydrogen) atoms. The van der Waals surface area contributed by atoms with Crippen LogP contribution in [0.5, 0.6) is 0 Å². The van der Waals surface area contributed by atoms with Gasteiger partial charge in [-0.25, -0.2) is 0 Å². The van der Waals surface area contributed by atoms with E-state index in [0.717, 1.165) is 36.1 Å². The molecule has 1 aliphatic carbocycles. The molecule has 1 aliphatic rings. The van der Waals surface area contributed by atoms with Crippen LogP contribution in [0.1, 0.15) is 25.5 Å². The first-order valence-electron chi connectivity index (χ1n) is 6.88. The Kier molecular flexibility index (Phi) is 3.28. The number of fused-ring (bicyclic) bond motifs is 1. The minimum atomic E-state index is 0.811. The van der Waals surface area contributed by atoms with Gasteiger partial charge in [0.2, 0.25) is 0 Å². The van der Waals surface area contributed by atoms with Gasteiger partial charge in [0.25, 0.3) is 0 Å². The van der Waals surface area contributed by atoms with E-state index in [9.17, 15) is 0 Å². The smallest absolute Gasteiger partial charge is 0.0705 e. The molecule has 2 aromatic rings. The molecule has 1 fully saturated rings. The third-order valence-electron chi connectivity index (χ3n) is 3.86. The first kappa shape index (κ1) is 11.7. The Balaban J connectivity index is 1.60. The lowest BCUT2D eigenvalue weighted by atomic mass is 10.1. The van der Waals surface area contributed by atoms with Crippen LogP contribution >= 0.6 is 0 Å². The van der Waals surface area contributed by atoms with E-state index < -0.39 is 0 Å². The number of pyridine rings is 1. The van der Waals surface area contributed by atoms with Gasteiger partial charge in [0.15, 0.2) is 0 Å². The molecule has 0 radical (unpaired) electrons. The summed E-state index contributed by atoms with van der Waals surface area (Å²) in [5.41, 5.74) is 2.23. The lowest BCUT2D eigenvalue weighted by Crippen LogP contribution is -2.22. The lowest BCUT2D eigenvalue weighted by molar-refractivity contribution is 0.460. The molecule has 1 aromatic heterocycles. The summed E-state index contributed by atoms with van der Waals surface area (Å²) in [5.74, 6) is 1.78. The zero-order valence-corrected chi connectivity index (χ0v) is 10.9. The average molecular weight is 240 g/mol. The molecule has 1 unspecified atom stereocenters. The Hall–Kier alpha value is -1.41. The predicted octanol–water partition coefficient (Wildman–Crippen LogP) is 3.37. The van der Waals surface area contributed by atoms with Gasteiger partial charge in [-0.05, 0) is 43.4 Å². The molecule has 0 saturated heterocycles. The summed E-state index contributed by atoms with van der Waals surface area (Å²) in [6.45, 7) is 4.33. The van der Waals surface area contributed by atoms with Crippen LogP contribution in [0.3, 0.4) is 0 Å². The zero-order valence-electron chi connectivity index (χ0n) is 10.9. The van der Waals surface area contributed by atoms with E-state index in [4.69, 9.17) is 0 Å². The highest BCUT2D eigenvalue weighted by Gasteiger charge is 2.27. The number of para-hydroxylation sites is 1. The number of hydrogen-bond acceptors (Lipinski definition) is 2. The number of rotatable bonds is 5. The van der Waals surface area contributed by atoms with Gasteiger partial charge in [-0.2, -0.15) is 0 Å². The second-order valence-electron chi connectivity index (χ2n) is 5.44. The van der Waals surface area contributed by atoms with Crippen molar-refractivity contribution in [3.63, 3.8) is 0 Å². The standard InChI is InChI=1S/C16H20N2/c1-12(13-6-7-13)10-17-11-15-9-8-14-4-2-3-5-16(14)18-15/h2-5,8-9,12-13,17H,6-7,10-11H2,1H3. The van der Waals surface area contributed by atoms with Crippen molar-refractivity contribution in [3.8, 4) is 0 Å². The average Bonchev–Trinajstić information content (AvgIpc) is 3.23. The molecule has 0 spiro atoms. The van der Waals surface area contributed by atoms with Crippen molar-refractivity contribution in [3.05, 3.63) is 42.1 Å². The van der Waals surface area contributed by atoms with Crippen molar-refractivity contribution >= 4 is 10.9 Å². The first-order valence-corrected chi connectivity index (χ1v) is 6.88. The molecule has 0 aliphatic heterocycles. The molecular weight excluding hydrogens is 220 g/mol. The fraction of sp³-hybridized carbons (Fsp3) is 0.438. The Morgan fingerprint density at radius 2 is 2.06 bits per heavy atom. The van der Waals surface area contributed by atoms with E-state index in [1.165, 1.54) is 18.2 Å². The predicted molar refractivity (Wildman–Crippen MR) is 75.3 cm³/mol. The Labute approximate surface area is 108 Å². The van der Waals surface area contributed by atoms with Gasteiger partial charge < -0.3 is 5.32 Å². The van der Waals surface area contributed by atoms with Crippen LogP contribution in [-0.2, 0) is 6.54 Å². The summed E-state index contributed by atoms with van der Waals surface area (Å²) >= 11 is 0. The van der Waals surface area contributed by atoms with Gasteiger partial charge >= 0.3 is 0 Å². The van der Waals surface area contributed by atoms with E-state index in [1.54, 1.807) is 0 Å². The summed E-state index contributed by atoms with van der Waals surface area (Å²) in [4.78, 5) is 4.67. The molecule has 1 heterocycles. The molecule has 94 valence electrons.